The summed E-state index contributed by atoms with van der Waals surface area (Å²) in [7, 11) is 2.76. The fraction of sp³-hybridized carbons (Fsp3) is 0.480. The number of likely N-dealkylation sites (tertiary alicyclic amines) is 1. The van der Waals surface area contributed by atoms with Gasteiger partial charge in [-0.05, 0) is 50.2 Å². The number of esters is 1. The van der Waals surface area contributed by atoms with Gasteiger partial charge in [0.1, 0.15) is 24.0 Å². The number of ether oxygens (including phenoxy) is 3. The van der Waals surface area contributed by atoms with E-state index in [0.717, 1.165) is 18.4 Å². The normalized spacial score (nSPS) is 14.9. The minimum absolute atomic E-state index is 0.0590. The average Bonchev–Trinajstić information content (AvgIpc) is 3.39. The first-order valence-corrected chi connectivity index (χ1v) is 12.0. The zero-order chi connectivity index (χ0) is 26.9. The van der Waals surface area contributed by atoms with Crippen molar-refractivity contribution in [2.24, 2.45) is 0 Å². The Balaban J connectivity index is 1.43. The molecule has 200 valence electrons. The zero-order valence-corrected chi connectivity index (χ0v) is 20.8. The van der Waals surface area contributed by atoms with Gasteiger partial charge in [0.15, 0.2) is 5.43 Å². The number of amides is 2. The van der Waals surface area contributed by atoms with Crippen LogP contribution in [0.25, 0.3) is 10.9 Å². The third-order valence-corrected chi connectivity index (χ3v) is 6.20. The summed E-state index contributed by atoms with van der Waals surface area (Å²) in [6, 6.07) is 3.77. The average molecular weight is 518 g/mol. The summed E-state index contributed by atoms with van der Waals surface area (Å²) < 4.78 is 15.2. The van der Waals surface area contributed by atoms with Crippen molar-refractivity contribution in [3.05, 3.63) is 39.7 Å². The Labute approximate surface area is 212 Å². The summed E-state index contributed by atoms with van der Waals surface area (Å²) in [5.41, 5.74) is 1.06. The number of aryl methyl sites for hydroxylation is 1. The van der Waals surface area contributed by atoms with Crippen LogP contribution < -0.4 is 15.5 Å². The maximum absolute atomic E-state index is 12.5. The van der Waals surface area contributed by atoms with Crippen LogP contribution in [0.5, 0.6) is 5.75 Å². The van der Waals surface area contributed by atoms with E-state index in [2.05, 4.69) is 15.0 Å². The second-order valence-corrected chi connectivity index (χ2v) is 8.63. The number of H-pyrrole nitrogens is 1. The monoisotopic (exact) mass is 517 g/mol. The van der Waals surface area contributed by atoms with E-state index in [1.807, 2.05) is 0 Å². The fourth-order valence-electron chi connectivity index (χ4n) is 4.31. The molecule has 0 saturated carbocycles. The van der Waals surface area contributed by atoms with Crippen LogP contribution in [-0.2, 0) is 25.5 Å². The third-order valence-electron chi connectivity index (χ3n) is 6.20. The first-order chi connectivity index (χ1) is 17.7. The fourth-order valence-corrected chi connectivity index (χ4v) is 4.31. The van der Waals surface area contributed by atoms with Gasteiger partial charge >= 0.3 is 18.0 Å². The summed E-state index contributed by atoms with van der Waals surface area (Å²) in [4.78, 5) is 63.6. The lowest BCUT2D eigenvalue weighted by atomic mass is 10.0. The number of rotatable bonds is 11. The van der Waals surface area contributed by atoms with Crippen molar-refractivity contribution in [1.82, 2.24) is 15.2 Å². The molecule has 12 nitrogen and oxygen atoms in total. The van der Waals surface area contributed by atoms with Gasteiger partial charge in [0.05, 0.1) is 26.3 Å². The SMILES string of the molecule is COC(=O)c1cc(=O)c2cc(CCCCCOC(=O)NCC(=O)N3CCC[C@H]3C(=O)O)c(OC)cc2[nH]1. The molecule has 1 saturated heterocycles. The van der Waals surface area contributed by atoms with E-state index in [-0.39, 0.29) is 24.3 Å². The highest BCUT2D eigenvalue weighted by Crippen LogP contribution is 2.25. The summed E-state index contributed by atoms with van der Waals surface area (Å²) in [5, 5.41) is 11.9. The van der Waals surface area contributed by atoms with Gasteiger partial charge in [-0.2, -0.15) is 0 Å². The molecule has 37 heavy (non-hydrogen) atoms. The van der Waals surface area contributed by atoms with Gasteiger partial charge in [-0.15, -0.1) is 0 Å². The number of methoxy groups -OCH3 is 2. The maximum Gasteiger partial charge on any atom is 0.407 e. The number of hydrogen-bond acceptors (Lipinski definition) is 8. The number of alkyl carbamates (subject to hydrolysis) is 1. The second-order valence-electron chi connectivity index (χ2n) is 8.63. The Morgan fingerprint density at radius 2 is 1.92 bits per heavy atom. The van der Waals surface area contributed by atoms with E-state index in [0.29, 0.717) is 48.9 Å². The van der Waals surface area contributed by atoms with Crippen LogP contribution in [-0.4, -0.2) is 78.9 Å². The highest BCUT2D eigenvalue weighted by atomic mass is 16.5. The zero-order valence-electron chi connectivity index (χ0n) is 20.8. The number of carboxylic acid groups (broad SMARTS) is 1. The molecule has 1 fully saturated rings. The van der Waals surface area contributed by atoms with E-state index in [4.69, 9.17) is 14.6 Å². The Hall–Kier alpha value is -4.09. The first-order valence-electron chi connectivity index (χ1n) is 12.0. The molecule has 1 aliphatic heterocycles. The van der Waals surface area contributed by atoms with Crippen LogP contribution in [0.2, 0.25) is 0 Å². The van der Waals surface area contributed by atoms with Gasteiger partial charge < -0.3 is 34.5 Å². The summed E-state index contributed by atoms with van der Waals surface area (Å²) in [5.74, 6) is -1.56. The molecule has 1 aromatic heterocycles. The van der Waals surface area contributed by atoms with E-state index < -0.39 is 30.0 Å². The Kier molecular flexibility index (Phi) is 9.47. The molecule has 12 heteroatoms. The topological polar surface area (TPSA) is 164 Å². The van der Waals surface area contributed by atoms with Gasteiger partial charge in [0, 0.05) is 24.1 Å². The number of carbonyl (C=O) groups is 4. The number of carbonyl (C=O) groups excluding carboxylic acids is 3. The summed E-state index contributed by atoms with van der Waals surface area (Å²) >= 11 is 0. The first kappa shape index (κ1) is 27.5. The molecular formula is C25H31N3O9. The molecule has 0 spiro atoms. The predicted molar refractivity (Wildman–Crippen MR) is 132 cm³/mol. The van der Waals surface area contributed by atoms with Gasteiger partial charge in [0.2, 0.25) is 5.91 Å². The third kappa shape index (κ3) is 6.99. The van der Waals surface area contributed by atoms with E-state index in [1.54, 1.807) is 12.1 Å². The highest BCUT2D eigenvalue weighted by Gasteiger charge is 2.33. The van der Waals surface area contributed by atoms with Crippen molar-refractivity contribution in [3.8, 4) is 5.75 Å². The largest absolute Gasteiger partial charge is 0.496 e. The van der Waals surface area contributed by atoms with Crippen LogP contribution in [0.15, 0.2) is 23.0 Å². The second kappa shape index (κ2) is 12.7. The Morgan fingerprint density at radius 1 is 1.14 bits per heavy atom. The number of aromatic amines is 1. The molecule has 0 bridgehead atoms. The molecule has 1 aromatic carbocycles. The molecule has 2 heterocycles. The highest BCUT2D eigenvalue weighted by molar-refractivity contribution is 5.91. The van der Waals surface area contributed by atoms with E-state index in [9.17, 15) is 24.0 Å². The minimum Gasteiger partial charge on any atom is -0.496 e. The van der Waals surface area contributed by atoms with Crippen LogP contribution in [0.3, 0.4) is 0 Å². The molecule has 1 atom stereocenters. The molecule has 2 amide bonds. The maximum atomic E-state index is 12.5. The number of carboxylic acids is 1. The van der Waals surface area contributed by atoms with Crippen molar-refractivity contribution in [1.29, 1.82) is 0 Å². The number of nitrogens with zero attached hydrogens (tertiary/aromatic N) is 1. The van der Waals surface area contributed by atoms with Crippen LogP contribution in [0.4, 0.5) is 4.79 Å². The smallest absolute Gasteiger partial charge is 0.407 e. The summed E-state index contributed by atoms with van der Waals surface area (Å²) in [6.07, 6.45) is 2.98. The van der Waals surface area contributed by atoms with E-state index >= 15 is 0 Å². The van der Waals surface area contributed by atoms with E-state index in [1.165, 1.54) is 25.2 Å². The Bertz CT molecular complexity index is 1220. The van der Waals surface area contributed by atoms with Crippen LogP contribution >= 0.6 is 0 Å². The number of unbranched alkanes of at least 4 members (excludes halogenated alkanes) is 2. The lowest BCUT2D eigenvalue weighted by Crippen LogP contribution is -2.45. The number of aliphatic carboxylic acids is 1. The van der Waals surface area contributed by atoms with Crippen molar-refractivity contribution < 1.29 is 38.5 Å². The standard InChI is InChI=1S/C25H31N3O9/c1-35-21-13-17-16(20(29)12-18(27-17)24(33)36-2)11-15(21)7-4-3-5-10-37-25(34)26-14-22(30)28-9-6-8-19(28)23(31)32/h11-13,19H,3-10,14H2,1-2H3,(H,26,34)(H,27,29)(H,31,32)/t19-/m0/s1. The minimum atomic E-state index is -1.05. The van der Waals surface area contributed by atoms with Crippen molar-refractivity contribution in [2.75, 3.05) is 33.9 Å². The number of hydrogen-bond donors (Lipinski definition) is 3. The number of fused-ring (bicyclic) bond motifs is 1. The van der Waals surface area contributed by atoms with Gasteiger partial charge in [-0.25, -0.2) is 14.4 Å². The van der Waals surface area contributed by atoms with Gasteiger partial charge in [0.25, 0.3) is 0 Å². The Morgan fingerprint density at radius 3 is 2.62 bits per heavy atom. The van der Waals surface area contributed by atoms with Gasteiger partial charge in [-0.1, -0.05) is 0 Å². The molecule has 2 aromatic rings. The van der Waals surface area contributed by atoms with Gasteiger partial charge in [-0.3, -0.25) is 9.59 Å². The van der Waals surface area contributed by atoms with Crippen molar-refractivity contribution in [3.63, 3.8) is 0 Å². The lowest BCUT2D eigenvalue weighted by molar-refractivity contribution is -0.147. The van der Waals surface area contributed by atoms with Crippen LogP contribution in [0.1, 0.15) is 48.2 Å². The molecule has 0 aliphatic carbocycles. The number of aromatic nitrogens is 1. The molecule has 0 radical (unpaired) electrons. The number of benzene rings is 1. The van der Waals surface area contributed by atoms with Crippen LogP contribution in [0, 0.1) is 0 Å². The van der Waals surface area contributed by atoms with Crippen molar-refractivity contribution >= 4 is 34.8 Å². The lowest BCUT2D eigenvalue weighted by Gasteiger charge is -2.21. The molecule has 0 unspecified atom stereocenters. The summed E-state index contributed by atoms with van der Waals surface area (Å²) in [6.45, 7) is 0.203. The molecule has 3 N–H and O–H groups in total. The quantitative estimate of drug-likeness (QED) is 0.298. The number of nitrogens with one attached hydrogen (secondary N) is 2. The molecular weight excluding hydrogens is 486 g/mol. The predicted octanol–water partition coefficient (Wildman–Crippen LogP) is 1.84. The van der Waals surface area contributed by atoms with Crippen molar-refractivity contribution in [2.45, 2.75) is 44.6 Å². The number of pyridine rings is 1. The molecule has 1 aliphatic rings. The molecule has 3 rings (SSSR count).